The number of aliphatic hydroxyl groups is 1. The van der Waals surface area contributed by atoms with Gasteiger partial charge in [0.05, 0.1) is 19.3 Å². The summed E-state index contributed by atoms with van der Waals surface area (Å²) in [5.41, 5.74) is 1.95. The minimum absolute atomic E-state index is 0.0983. The fourth-order valence-corrected chi connectivity index (χ4v) is 1.24. The van der Waals surface area contributed by atoms with Gasteiger partial charge in [0.2, 0.25) is 0 Å². The molecule has 0 aliphatic rings. The molecule has 14 heavy (non-hydrogen) atoms. The number of para-hydroxylation sites is 1. The molecule has 0 aromatic heterocycles. The van der Waals surface area contributed by atoms with Gasteiger partial charge in [-0.25, -0.2) is 0 Å². The van der Waals surface area contributed by atoms with Crippen LogP contribution in [0.5, 0.6) is 5.75 Å². The first-order valence-corrected chi connectivity index (χ1v) is 4.53. The summed E-state index contributed by atoms with van der Waals surface area (Å²) < 4.78 is 5.24. The van der Waals surface area contributed by atoms with Crippen molar-refractivity contribution in [2.24, 2.45) is 0 Å². The molecule has 0 saturated carbocycles. The molecule has 1 N–H and O–H groups in total. The topological polar surface area (TPSA) is 29.5 Å². The van der Waals surface area contributed by atoms with E-state index >= 15 is 0 Å². The van der Waals surface area contributed by atoms with Gasteiger partial charge in [0.1, 0.15) is 5.75 Å². The van der Waals surface area contributed by atoms with Crippen molar-refractivity contribution in [2.75, 3.05) is 13.7 Å². The highest BCUT2D eigenvalue weighted by Gasteiger charge is 2.01. The highest BCUT2D eigenvalue weighted by molar-refractivity contribution is 5.50. The standard InChI is InChI=1S/C12H14O2/c1-10-6-5-8-11(12(10)14-2)7-3-4-9-13/h5-6,8,13H,4,9H2,1-2H3. The number of hydrogen-bond acceptors (Lipinski definition) is 2. The van der Waals surface area contributed by atoms with Crippen LogP contribution in [0.4, 0.5) is 0 Å². The van der Waals surface area contributed by atoms with E-state index in [9.17, 15) is 0 Å². The fourth-order valence-electron chi connectivity index (χ4n) is 1.24. The molecule has 0 bridgehead atoms. The molecule has 0 fully saturated rings. The third-order valence-corrected chi connectivity index (χ3v) is 1.88. The van der Waals surface area contributed by atoms with E-state index in [0.717, 1.165) is 16.9 Å². The van der Waals surface area contributed by atoms with Gasteiger partial charge in [-0.2, -0.15) is 0 Å². The van der Waals surface area contributed by atoms with Gasteiger partial charge in [0.25, 0.3) is 0 Å². The Morgan fingerprint density at radius 1 is 1.43 bits per heavy atom. The van der Waals surface area contributed by atoms with Crippen LogP contribution in [-0.4, -0.2) is 18.8 Å². The predicted molar refractivity (Wildman–Crippen MR) is 56.3 cm³/mol. The van der Waals surface area contributed by atoms with E-state index in [2.05, 4.69) is 11.8 Å². The maximum atomic E-state index is 8.59. The minimum atomic E-state index is 0.0983. The lowest BCUT2D eigenvalue weighted by Gasteiger charge is -2.05. The first kappa shape index (κ1) is 10.6. The van der Waals surface area contributed by atoms with Crippen LogP contribution >= 0.6 is 0 Å². The molecule has 1 aromatic carbocycles. The maximum absolute atomic E-state index is 8.59. The van der Waals surface area contributed by atoms with Crippen molar-refractivity contribution >= 4 is 0 Å². The van der Waals surface area contributed by atoms with E-state index in [1.54, 1.807) is 7.11 Å². The lowest BCUT2D eigenvalue weighted by molar-refractivity contribution is 0.305. The highest BCUT2D eigenvalue weighted by atomic mass is 16.5. The average molecular weight is 190 g/mol. The number of aryl methyl sites for hydroxylation is 1. The van der Waals surface area contributed by atoms with E-state index < -0.39 is 0 Å². The van der Waals surface area contributed by atoms with E-state index in [0.29, 0.717) is 6.42 Å². The number of ether oxygens (including phenoxy) is 1. The fraction of sp³-hybridized carbons (Fsp3) is 0.333. The van der Waals surface area contributed by atoms with Gasteiger partial charge in [-0.3, -0.25) is 0 Å². The Bertz CT molecular complexity index is 358. The summed E-state index contributed by atoms with van der Waals surface area (Å²) in [6, 6.07) is 5.84. The van der Waals surface area contributed by atoms with E-state index in [1.807, 2.05) is 25.1 Å². The van der Waals surface area contributed by atoms with E-state index in [4.69, 9.17) is 9.84 Å². The summed E-state index contributed by atoms with van der Waals surface area (Å²) in [5, 5.41) is 8.59. The van der Waals surface area contributed by atoms with Crippen molar-refractivity contribution in [3.8, 4) is 17.6 Å². The molecule has 0 radical (unpaired) electrons. The van der Waals surface area contributed by atoms with Crippen LogP contribution in [0.3, 0.4) is 0 Å². The van der Waals surface area contributed by atoms with Crippen LogP contribution in [0.2, 0.25) is 0 Å². The molecular formula is C12H14O2. The molecule has 0 unspecified atom stereocenters. The molecule has 0 spiro atoms. The third kappa shape index (κ3) is 2.51. The Balaban J connectivity index is 2.98. The Labute approximate surface area is 84.5 Å². The summed E-state index contributed by atoms with van der Waals surface area (Å²) in [4.78, 5) is 0. The zero-order chi connectivity index (χ0) is 10.4. The number of benzene rings is 1. The van der Waals surface area contributed by atoms with Crippen molar-refractivity contribution in [3.63, 3.8) is 0 Å². The lowest BCUT2D eigenvalue weighted by Crippen LogP contribution is -1.90. The third-order valence-electron chi connectivity index (χ3n) is 1.88. The SMILES string of the molecule is COc1c(C)cccc1C#CCCO. The summed E-state index contributed by atoms with van der Waals surface area (Å²) in [6.45, 7) is 2.08. The number of hydrogen-bond donors (Lipinski definition) is 1. The minimum Gasteiger partial charge on any atom is -0.495 e. The van der Waals surface area contributed by atoms with Gasteiger partial charge >= 0.3 is 0 Å². The summed E-state index contributed by atoms with van der Waals surface area (Å²) >= 11 is 0. The van der Waals surface area contributed by atoms with Crippen molar-refractivity contribution in [3.05, 3.63) is 29.3 Å². The largest absolute Gasteiger partial charge is 0.495 e. The predicted octanol–water partition coefficient (Wildman–Crippen LogP) is 1.74. The molecule has 0 aliphatic heterocycles. The van der Waals surface area contributed by atoms with Crippen LogP contribution in [0.15, 0.2) is 18.2 Å². The van der Waals surface area contributed by atoms with Crippen molar-refractivity contribution in [1.29, 1.82) is 0 Å². The number of aliphatic hydroxyl groups excluding tert-OH is 1. The molecule has 0 aliphatic carbocycles. The molecule has 74 valence electrons. The lowest BCUT2D eigenvalue weighted by atomic mass is 10.1. The normalized spacial score (nSPS) is 9.07. The van der Waals surface area contributed by atoms with Crippen LogP contribution < -0.4 is 4.74 Å². The number of methoxy groups -OCH3 is 1. The van der Waals surface area contributed by atoms with E-state index in [-0.39, 0.29) is 6.61 Å². The molecular weight excluding hydrogens is 176 g/mol. The maximum Gasteiger partial charge on any atom is 0.137 e. The molecule has 0 amide bonds. The van der Waals surface area contributed by atoms with Gasteiger partial charge in [-0.1, -0.05) is 24.0 Å². The molecule has 0 atom stereocenters. The van der Waals surface area contributed by atoms with Gasteiger partial charge in [-0.05, 0) is 18.6 Å². The summed E-state index contributed by atoms with van der Waals surface area (Å²) in [6.07, 6.45) is 0.497. The second-order valence-corrected chi connectivity index (χ2v) is 2.93. The monoisotopic (exact) mass is 190 g/mol. The summed E-state index contributed by atoms with van der Waals surface area (Å²) in [5.74, 6) is 6.66. The first-order chi connectivity index (χ1) is 6.79. The second kappa shape index (κ2) is 5.31. The summed E-state index contributed by atoms with van der Waals surface area (Å²) in [7, 11) is 1.64. The van der Waals surface area contributed by atoms with Crippen molar-refractivity contribution < 1.29 is 9.84 Å². The average Bonchev–Trinajstić information content (AvgIpc) is 2.18. The highest BCUT2D eigenvalue weighted by Crippen LogP contribution is 2.21. The molecule has 0 saturated heterocycles. The molecule has 2 heteroatoms. The van der Waals surface area contributed by atoms with Gasteiger partial charge < -0.3 is 9.84 Å². The molecule has 1 rings (SSSR count). The molecule has 0 heterocycles. The zero-order valence-electron chi connectivity index (χ0n) is 8.50. The smallest absolute Gasteiger partial charge is 0.137 e. The van der Waals surface area contributed by atoms with Crippen LogP contribution in [0.25, 0.3) is 0 Å². The quantitative estimate of drug-likeness (QED) is 0.720. The van der Waals surface area contributed by atoms with Crippen LogP contribution in [0.1, 0.15) is 17.5 Å². The molecule has 1 aromatic rings. The Kier molecular flexibility index (Phi) is 4.03. The van der Waals surface area contributed by atoms with Crippen molar-refractivity contribution in [2.45, 2.75) is 13.3 Å². The zero-order valence-corrected chi connectivity index (χ0v) is 8.50. The van der Waals surface area contributed by atoms with Gasteiger partial charge in [0.15, 0.2) is 0 Å². The first-order valence-electron chi connectivity index (χ1n) is 4.53. The van der Waals surface area contributed by atoms with Crippen LogP contribution in [0, 0.1) is 18.8 Å². The van der Waals surface area contributed by atoms with Crippen LogP contribution in [-0.2, 0) is 0 Å². The Morgan fingerprint density at radius 3 is 2.86 bits per heavy atom. The van der Waals surface area contributed by atoms with Crippen molar-refractivity contribution in [1.82, 2.24) is 0 Å². The second-order valence-electron chi connectivity index (χ2n) is 2.93. The van der Waals surface area contributed by atoms with Gasteiger partial charge in [0, 0.05) is 6.42 Å². The van der Waals surface area contributed by atoms with E-state index in [1.165, 1.54) is 0 Å². The number of rotatable bonds is 2. The molecule has 2 nitrogen and oxygen atoms in total. The Hall–Kier alpha value is -1.46. The van der Waals surface area contributed by atoms with Gasteiger partial charge in [-0.15, -0.1) is 0 Å². The Morgan fingerprint density at radius 2 is 2.21 bits per heavy atom.